The van der Waals surface area contributed by atoms with Gasteiger partial charge in [-0.1, -0.05) is 23.2 Å². The predicted molar refractivity (Wildman–Crippen MR) is 213 cm³/mol. The van der Waals surface area contributed by atoms with E-state index in [0.29, 0.717) is 66.1 Å². The molecule has 256 valence electrons. The van der Waals surface area contributed by atoms with Gasteiger partial charge in [-0.15, -0.1) is 0 Å². The fourth-order valence-electron chi connectivity index (χ4n) is 4.67. The number of pyridine rings is 4. The zero-order valence-electron chi connectivity index (χ0n) is 26.6. The van der Waals surface area contributed by atoms with Gasteiger partial charge in [-0.05, 0) is 121 Å². The Kier molecular flexibility index (Phi) is 10.5. The summed E-state index contributed by atoms with van der Waals surface area (Å²) in [4.78, 5) is 25.7. The number of benzene rings is 2. The zero-order valence-corrected chi connectivity index (χ0v) is 29.8. The van der Waals surface area contributed by atoms with Gasteiger partial charge in [0.15, 0.2) is 32.7 Å². The van der Waals surface area contributed by atoms with Gasteiger partial charge < -0.3 is 30.1 Å². The molecule has 4 N–H and O–H groups in total. The van der Waals surface area contributed by atoms with E-state index >= 15 is 0 Å². The van der Waals surface area contributed by atoms with Gasteiger partial charge in [-0.2, -0.15) is 9.97 Å². The maximum absolute atomic E-state index is 5.88. The molecule has 16 heteroatoms. The normalized spacial score (nSPS) is 10.7. The third-order valence-electron chi connectivity index (χ3n) is 7.03. The van der Waals surface area contributed by atoms with Crippen LogP contribution >= 0.6 is 47.6 Å². The number of hydrogen-bond donors (Lipinski definition) is 4. The summed E-state index contributed by atoms with van der Waals surface area (Å²) >= 11 is 22.4. The number of nitrogens with zero attached hydrogens (tertiary/aromatic N) is 6. The molecule has 0 radical (unpaired) electrons. The second-order valence-corrected chi connectivity index (χ2v) is 12.4. The molecule has 52 heavy (non-hydrogen) atoms. The number of thiocarbonyl (C=S) groups is 2. The van der Waals surface area contributed by atoms with Crippen LogP contribution in [0.2, 0.25) is 10.0 Å². The highest BCUT2D eigenvalue weighted by Crippen LogP contribution is 2.26. The van der Waals surface area contributed by atoms with E-state index < -0.39 is 0 Å². The average molecular weight is 764 g/mol. The van der Waals surface area contributed by atoms with Crippen molar-refractivity contribution in [3.05, 3.63) is 132 Å². The van der Waals surface area contributed by atoms with Crippen LogP contribution in [0.1, 0.15) is 0 Å². The lowest BCUT2D eigenvalue weighted by Crippen LogP contribution is -2.19. The van der Waals surface area contributed by atoms with Gasteiger partial charge in [-0.3, -0.25) is 0 Å². The monoisotopic (exact) mass is 762 g/mol. The number of nitrogens with one attached hydrogen (secondary N) is 4. The molecule has 6 aromatic heterocycles. The Morgan fingerprint density at radius 3 is 1.33 bits per heavy atom. The Morgan fingerprint density at radius 1 is 0.500 bits per heavy atom. The van der Waals surface area contributed by atoms with Gasteiger partial charge in [0.25, 0.3) is 0 Å². The van der Waals surface area contributed by atoms with Crippen molar-refractivity contribution in [2.75, 3.05) is 21.3 Å². The minimum absolute atomic E-state index is 0.413. The zero-order chi connectivity index (χ0) is 35.9. The summed E-state index contributed by atoms with van der Waals surface area (Å²) in [6, 6.07) is 29.0. The molecule has 2 aromatic carbocycles. The van der Waals surface area contributed by atoms with E-state index in [4.69, 9.17) is 56.5 Å². The van der Waals surface area contributed by atoms with E-state index in [-0.39, 0.29) is 0 Å². The third kappa shape index (κ3) is 8.80. The van der Waals surface area contributed by atoms with E-state index in [1.54, 1.807) is 73.3 Å². The summed E-state index contributed by atoms with van der Waals surface area (Å²) in [5, 5.41) is 14.4. The first-order chi connectivity index (χ1) is 25.3. The lowest BCUT2D eigenvalue weighted by Gasteiger charge is -2.10. The standard InChI is InChI=1S/2C18H12ClN5OS/c2*19-12-3-5-13(6-4-12)22-18(26)23-15-10-11(7-9-20-15)17-24-16-14(25-17)2-1-8-21-16/h2*1-10H,(H2,20,22,23,26). The van der Waals surface area contributed by atoms with Gasteiger partial charge in [0.05, 0.1) is 0 Å². The molecule has 8 rings (SSSR count). The van der Waals surface area contributed by atoms with Gasteiger partial charge in [0.1, 0.15) is 11.6 Å². The molecular formula is C36H24Cl2N10O2S2. The van der Waals surface area contributed by atoms with Crippen molar-refractivity contribution < 1.29 is 8.83 Å². The summed E-state index contributed by atoms with van der Waals surface area (Å²) < 4.78 is 11.5. The first-order valence-corrected chi connectivity index (χ1v) is 16.9. The van der Waals surface area contributed by atoms with Crippen molar-refractivity contribution in [3.63, 3.8) is 0 Å². The summed E-state index contributed by atoms with van der Waals surface area (Å²) in [5.41, 5.74) is 5.59. The van der Waals surface area contributed by atoms with Crippen LogP contribution in [0, 0.1) is 0 Å². The maximum Gasteiger partial charge on any atom is 0.229 e. The number of anilines is 4. The molecule has 6 heterocycles. The quantitative estimate of drug-likeness (QED) is 0.119. The summed E-state index contributed by atoms with van der Waals surface area (Å²) in [5.74, 6) is 2.09. The molecule has 8 aromatic rings. The Morgan fingerprint density at radius 2 is 0.923 bits per heavy atom. The molecule has 0 spiro atoms. The van der Waals surface area contributed by atoms with E-state index in [2.05, 4.69) is 51.2 Å². The molecule has 0 fully saturated rings. The van der Waals surface area contributed by atoms with E-state index in [1.807, 2.05) is 48.5 Å². The molecule has 0 atom stereocenters. The van der Waals surface area contributed by atoms with Gasteiger partial charge in [0.2, 0.25) is 11.8 Å². The van der Waals surface area contributed by atoms with E-state index in [1.165, 1.54) is 0 Å². The Hall–Kier alpha value is -6.06. The second-order valence-electron chi connectivity index (χ2n) is 10.7. The lowest BCUT2D eigenvalue weighted by molar-refractivity contribution is 0.619. The van der Waals surface area contributed by atoms with Crippen molar-refractivity contribution in [2.45, 2.75) is 0 Å². The van der Waals surface area contributed by atoms with E-state index in [0.717, 1.165) is 22.5 Å². The molecule has 0 bridgehead atoms. The molecule has 0 saturated carbocycles. The molecule has 0 aliphatic carbocycles. The number of halogens is 2. The average Bonchev–Trinajstić information content (AvgIpc) is 3.79. The van der Waals surface area contributed by atoms with Crippen LogP contribution in [-0.2, 0) is 0 Å². The molecule has 0 aliphatic heterocycles. The minimum atomic E-state index is 0.413. The van der Waals surface area contributed by atoms with Gasteiger partial charge in [-0.25, -0.2) is 19.9 Å². The number of aromatic nitrogens is 6. The van der Waals surface area contributed by atoms with Crippen LogP contribution in [-0.4, -0.2) is 40.1 Å². The van der Waals surface area contributed by atoms with Gasteiger partial charge in [0, 0.05) is 57.3 Å². The van der Waals surface area contributed by atoms with E-state index in [9.17, 15) is 0 Å². The second kappa shape index (κ2) is 15.9. The summed E-state index contributed by atoms with van der Waals surface area (Å²) in [6.45, 7) is 0. The highest BCUT2D eigenvalue weighted by Gasteiger charge is 2.12. The molecular weight excluding hydrogens is 740 g/mol. The molecule has 0 unspecified atom stereocenters. The first kappa shape index (κ1) is 34.4. The Bertz CT molecular complexity index is 2270. The molecule has 0 amide bonds. The van der Waals surface area contributed by atoms with Crippen LogP contribution in [0.15, 0.2) is 131 Å². The fraction of sp³-hybridized carbons (Fsp3) is 0. The number of rotatable bonds is 6. The minimum Gasteiger partial charge on any atom is -0.434 e. The van der Waals surface area contributed by atoms with Crippen LogP contribution in [0.3, 0.4) is 0 Å². The number of hydrogen-bond acceptors (Lipinski definition) is 10. The molecule has 0 saturated heterocycles. The van der Waals surface area contributed by atoms with Crippen molar-refractivity contribution in [3.8, 4) is 22.9 Å². The smallest absolute Gasteiger partial charge is 0.229 e. The summed E-state index contributed by atoms with van der Waals surface area (Å²) in [7, 11) is 0. The van der Waals surface area contributed by atoms with Crippen molar-refractivity contribution in [2.24, 2.45) is 0 Å². The Balaban J connectivity index is 0.000000162. The first-order valence-electron chi connectivity index (χ1n) is 15.4. The highest BCUT2D eigenvalue weighted by molar-refractivity contribution is 7.81. The number of fused-ring (bicyclic) bond motifs is 2. The fourth-order valence-corrected chi connectivity index (χ4v) is 5.37. The topological polar surface area (TPSA) is 152 Å². The lowest BCUT2D eigenvalue weighted by atomic mass is 10.2. The molecule has 12 nitrogen and oxygen atoms in total. The summed E-state index contributed by atoms with van der Waals surface area (Å²) in [6.07, 6.45) is 6.67. The highest BCUT2D eigenvalue weighted by atomic mass is 35.5. The SMILES string of the molecule is S=C(Nc1ccc(Cl)cc1)Nc1cc(-c2nc3ncccc3o2)ccn1.S=C(Nc1ccc(Cl)cc1)Nc1cc(-c2nc3ncccc3o2)ccn1. The van der Waals surface area contributed by atoms with Crippen LogP contribution in [0.5, 0.6) is 0 Å². The van der Waals surface area contributed by atoms with Crippen LogP contribution in [0.25, 0.3) is 45.4 Å². The van der Waals surface area contributed by atoms with Crippen LogP contribution < -0.4 is 21.3 Å². The number of oxazole rings is 2. The van der Waals surface area contributed by atoms with Crippen molar-refractivity contribution >= 4 is 103 Å². The van der Waals surface area contributed by atoms with Crippen molar-refractivity contribution in [1.29, 1.82) is 0 Å². The third-order valence-corrected chi connectivity index (χ3v) is 7.94. The van der Waals surface area contributed by atoms with Gasteiger partial charge >= 0.3 is 0 Å². The van der Waals surface area contributed by atoms with Crippen LogP contribution in [0.4, 0.5) is 23.0 Å². The predicted octanol–water partition coefficient (Wildman–Crippen LogP) is 9.49. The Labute approximate surface area is 316 Å². The largest absolute Gasteiger partial charge is 0.434 e. The van der Waals surface area contributed by atoms with Crippen molar-refractivity contribution in [1.82, 2.24) is 29.9 Å². The maximum atomic E-state index is 5.88. The molecule has 0 aliphatic rings.